The van der Waals surface area contributed by atoms with Crippen LogP contribution in [0.3, 0.4) is 0 Å². The molecule has 3 rings (SSSR count). The first kappa shape index (κ1) is 22.0. The molecule has 0 N–H and O–H groups in total. The monoisotopic (exact) mass is 411 g/mol. The van der Waals surface area contributed by atoms with Crippen LogP contribution in [0.15, 0.2) is 36.4 Å². The van der Waals surface area contributed by atoms with E-state index in [1.165, 1.54) is 44.1 Å². The fraction of sp³-hybridized carbons (Fsp3) is 0.440. The Morgan fingerprint density at radius 2 is 1.73 bits per heavy atom. The van der Waals surface area contributed by atoms with Crippen molar-refractivity contribution < 1.29 is 18.3 Å². The molecule has 1 aliphatic carbocycles. The number of rotatable bonds is 7. The number of esters is 1. The standard InChI is InChI=1S/C25H27F2NO2/c1-2-3-4-5-17-6-8-18(9-7-17)19-10-12-20(13-11-19)25(29)30-22-15-14-21(16-28)23(26)24(22)27/h10-15,17-18H,2-9H2,1H3. The highest BCUT2D eigenvalue weighted by molar-refractivity contribution is 5.91. The van der Waals surface area contributed by atoms with Gasteiger partial charge in [0.05, 0.1) is 11.1 Å². The molecule has 30 heavy (non-hydrogen) atoms. The van der Waals surface area contributed by atoms with E-state index < -0.39 is 28.9 Å². The number of halogens is 2. The molecular formula is C25H27F2NO2. The van der Waals surface area contributed by atoms with Gasteiger partial charge in [-0.15, -0.1) is 0 Å². The second-order valence-electron chi connectivity index (χ2n) is 8.08. The smallest absolute Gasteiger partial charge is 0.343 e. The van der Waals surface area contributed by atoms with Gasteiger partial charge >= 0.3 is 5.97 Å². The summed E-state index contributed by atoms with van der Waals surface area (Å²) in [5.41, 5.74) is 1.04. The van der Waals surface area contributed by atoms with Crippen LogP contribution in [0.25, 0.3) is 0 Å². The summed E-state index contributed by atoms with van der Waals surface area (Å²) in [7, 11) is 0. The quantitative estimate of drug-likeness (QED) is 0.283. The van der Waals surface area contributed by atoms with Crippen molar-refractivity contribution in [2.45, 2.75) is 64.2 Å². The van der Waals surface area contributed by atoms with E-state index in [1.807, 2.05) is 12.1 Å². The summed E-state index contributed by atoms with van der Waals surface area (Å²) in [5, 5.41) is 8.73. The lowest BCUT2D eigenvalue weighted by molar-refractivity contribution is 0.0726. The predicted octanol–water partition coefficient (Wildman–Crippen LogP) is 6.91. The number of unbranched alkanes of at least 4 members (excludes halogenated alkanes) is 2. The topological polar surface area (TPSA) is 50.1 Å². The Morgan fingerprint density at radius 1 is 1.03 bits per heavy atom. The molecule has 0 unspecified atom stereocenters. The number of nitriles is 1. The number of ether oxygens (including phenoxy) is 1. The maximum Gasteiger partial charge on any atom is 0.343 e. The minimum absolute atomic E-state index is 0.274. The van der Waals surface area contributed by atoms with Crippen molar-refractivity contribution in [1.82, 2.24) is 0 Å². The molecule has 0 heterocycles. The lowest BCUT2D eigenvalue weighted by atomic mass is 9.77. The molecular weight excluding hydrogens is 384 g/mol. The highest BCUT2D eigenvalue weighted by Gasteiger charge is 2.23. The third kappa shape index (κ3) is 5.24. The Kier molecular flexibility index (Phi) is 7.57. The van der Waals surface area contributed by atoms with Crippen molar-refractivity contribution in [3.8, 4) is 11.8 Å². The molecule has 1 fully saturated rings. The zero-order valence-electron chi connectivity index (χ0n) is 17.3. The summed E-state index contributed by atoms with van der Waals surface area (Å²) in [6.07, 6.45) is 10.1. The molecule has 0 amide bonds. The highest BCUT2D eigenvalue weighted by atomic mass is 19.2. The van der Waals surface area contributed by atoms with E-state index in [0.29, 0.717) is 5.92 Å². The van der Waals surface area contributed by atoms with E-state index in [2.05, 4.69) is 6.92 Å². The van der Waals surface area contributed by atoms with E-state index in [1.54, 1.807) is 18.2 Å². The predicted molar refractivity (Wildman–Crippen MR) is 111 cm³/mol. The van der Waals surface area contributed by atoms with Crippen LogP contribution in [0.1, 0.15) is 85.7 Å². The van der Waals surface area contributed by atoms with E-state index in [4.69, 9.17) is 10.00 Å². The third-order valence-corrected chi connectivity index (χ3v) is 6.05. The maximum absolute atomic E-state index is 14.0. The fourth-order valence-corrected chi connectivity index (χ4v) is 4.21. The molecule has 2 aromatic carbocycles. The van der Waals surface area contributed by atoms with Crippen LogP contribution in [-0.4, -0.2) is 5.97 Å². The van der Waals surface area contributed by atoms with E-state index in [-0.39, 0.29) is 5.56 Å². The van der Waals surface area contributed by atoms with Crippen molar-refractivity contribution in [2.75, 3.05) is 0 Å². The summed E-state index contributed by atoms with van der Waals surface area (Å²) in [6, 6.07) is 10.9. The molecule has 3 nitrogen and oxygen atoms in total. The Bertz CT molecular complexity index is 910. The lowest BCUT2D eigenvalue weighted by Gasteiger charge is -2.29. The van der Waals surface area contributed by atoms with Crippen molar-refractivity contribution in [3.63, 3.8) is 0 Å². The first-order valence-electron chi connectivity index (χ1n) is 10.7. The van der Waals surface area contributed by atoms with Crippen molar-refractivity contribution in [1.29, 1.82) is 5.26 Å². The van der Waals surface area contributed by atoms with Crippen LogP contribution in [0.5, 0.6) is 5.75 Å². The van der Waals surface area contributed by atoms with Crippen LogP contribution in [0, 0.1) is 28.9 Å². The van der Waals surface area contributed by atoms with E-state index >= 15 is 0 Å². The summed E-state index contributed by atoms with van der Waals surface area (Å²) < 4.78 is 32.7. The zero-order valence-corrected chi connectivity index (χ0v) is 17.3. The second-order valence-corrected chi connectivity index (χ2v) is 8.08. The first-order valence-corrected chi connectivity index (χ1v) is 10.7. The van der Waals surface area contributed by atoms with Gasteiger partial charge in [-0.05, 0) is 67.3 Å². The Labute approximate surface area is 176 Å². The van der Waals surface area contributed by atoms with Gasteiger partial charge in [0, 0.05) is 0 Å². The van der Waals surface area contributed by atoms with Crippen LogP contribution < -0.4 is 4.74 Å². The molecule has 0 bridgehead atoms. The summed E-state index contributed by atoms with van der Waals surface area (Å²) in [4.78, 5) is 12.3. The number of hydrogen-bond donors (Lipinski definition) is 0. The minimum Gasteiger partial charge on any atom is -0.420 e. The molecule has 1 aliphatic rings. The molecule has 0 spiro atoms. The van der Waals surface area contributed by atoms with Gasteiger partial charge in [-0.3, -0.25) is 0 Å². The molecule has 5 heteroatoms. The molecule has 0 saturated heterocycles. The Morgan fingerprint density at radius 3 is 2.37 bits per heavy atom. The molecule has 158 valence electrons. The number of carbonyl (C=O) groups excluding carboxylic acids is 1. The van der Waals surface area contributed by atoms with Crippen LogP contribution in [0.4, 0.5) is 8.78 Å². The van der Waals surface area contributed by atoms with Gasteiger partial charge in [0.25, 0.3) is 0 Å². The molecule has 0 aromatic heterocycles. The van der Waals surface area contributed by atoms with Crippen LogP contribution in [0.2, 0.25) is 0 Å². The molecule has 0 atom stereocenters. The fourth-order valence-electron chi connectivity index (χ4n) is 4.21. The van der Waals surface area contributed by atoms with Gasteiger partial charge in [0.1, 0.15) is 6.07 Å². The van der Waals surface area contributed by atoms with Crippen LogP contribution >= 0.6 is 0 Å². The SMILES string of the molecule is CCCCCC1CCC(c2ccc(C(=O)Oc3ccc(C#N)c(F)c3F)cc2)CC1. The molecule has 1 saturated carbocycles. The van der Waals surface area contributed by atoms with Gasteiger partial charge in [-0.25, -0.2) is 9.18 Å². The van der Waals surface area contributed by atoms with Crippen molar-refractivity contribution >= 4 is 5.97 Å². The van der Waals surface area contributed by atoms with Crippen molar-refractivity contribution in [3.05, 3.63) is 64.7 Å². The number of benzene rings is 2. The van der Waals surface area contributed by atoms with E-state index in [9.17, 15) is 13.6 Å². The highest BCUT2D eigenvalue weighted by Crippen LogP contribution is 2.37. The number of nitrogens with zero attached hydrogens (tertiary/aromatic N) is 1. The molecule has 0 radical (unpaired) electrons. The zero-order chi connectivity index (χ0) is 21.5. The Balaban J connectivity index is 1.58. The second kappa shape index (κ2) is 10.3. The maximum atomic E-state index is 14.0. The summed E-state index contributed by atoms with van der Waals surface area (Å²) in [5.74, 6) is -2.60. The normalized spacial score (nSPS) is 18.6. The molecule has 2 aromatic rings. The van der Waals surface area contributed by atoms with Crippen molar-refractivity contribution in [2.24, 2.45) is 5.92 Å². The largest absolute Gasteiger partial charge is 0.420 e. The number of carbonyl (C=O) groups is 1. The summed E-state index contributed by atoms with van der Waals surface area (Å²) in [6.45, 7) is 2.23. The minimum atomic E-state index is -1.34. The Hall–Kier alpha value is -2.74. The average molecular weight is 411 g/mol. The number of hydrogen-bond acceptors (Lipinski definition) is 3. The van der Waals surface area contributed by atoms with Gasteiger partial charge < -0.3 is 4.74 Å². The average Bonchev–Trinajstić information content (AvgIpc) is 2.78. The lowest BCUT2D eigenvalue weighted by Crippen LogP contribution is -2.14. The van der Waals surface area contributed by atoms with Gasteiger partial charge in [-0.2, -0.15) is 9.65 Å². The first-order chi connectivity index (χ1) is 14.5. The van der Waals surface area contributed by atoms with Gasteiger partial charge in [0.15, 0.2) is 11.6 Å². The molecule has 0 aliphatic heterocycles. The van der Waals surface area contributed by atoms with E-state index in [0.717, 1.165) is 30.9 Å². The van der Waals surface area contributed by atoms with Crippen LogP contribution in [-0.2, 0) is 0 Å². The van der Waals surface area contributed by atoms with Gasteiger partial charge in [-0.1, -0.05) is 44.7 Å². The summed E-state index contributed by atoms with van der Waals surface area (Å²) >= 11 is 0. The third-order valence-electron chi connectivity index (χ3n) is 6.05. The van der Waals surface area contributed by atoms with Gasteiger partial charge in [0.2, 0.25) is 5.82 Å².